The summed E-state index contributed by atoms with van der Waals surface area (Å²) in [6.07, 6.45) is 1.78. The maximum Gasteiger partial charge on any atom is 0.253 e. The van der Waals surface area contributed by atoms with Crippen LogP contribution in [-0.2, 0) is 0 Å². The average Bonchev–Trinajstić information content (AvgIpc) is 3.30. The van der Waals surface area contributed by atoms with Gasteiger partial charge in [-0.25, -0.2) is 4.98 Å². The number of thiophene rings is 1. The minimum Gasteiger partial charge on any atom is -0.220 e. The van der Waals surface area contributed by atoms with Crippen LogP contribution in [0.3, 0.4) is 0 Å². The highest BCUT2D eigenvalue weighted by molar-refractivity contribution is 7.13. The van der Waals surface area contributed by atoms with Gasteiger partial charge in [-0.15, -0.1) is 16.4 Å². The first kappa shape index (κ1) is 13.4. The predicted molar refractivity (Wildman–Crippen MR) is 97.0 cm³/mol. The topological polar surface area (TPSA) is 43.1 Å². The van der Waals surface area contributed by atoms with Crippen molar-refractivity contribution in [3.8, 4) is 22.0 Å². The van der Waals surface area contributed by atoms with Gasteiger partial charge in [-0.05, 0) is 34.4 Å². The minimum atomic E-state index is 0.615. The van der Waals surface area contributed by atoms with Crippen molar-refractivity contribution < 1.29 is 0 Å². The molecule has 0 fully saturated rings. The van der Waals surface area contributed by atoms with Crippen molar-refractivity contribution in [2.75, 3.05) is 0 Å². The Hall–Kier alpha value is -3.05. The summed E-state index contributed by atoms with van der Waals surface area (Å²) >= 11 is 1.63. The van der Waals surface area contributed by atoms with E-state index in [1.54, 1.807) is 17.5 Å². The smallest absolute Gasteiger partial charge is 0.220 e. The quantitative estimate of drug-likeness (QED) is 0.473. The Morgan fingerprint density at radius 3 is 2.67 bits per heavy atom. The summed E-state index contributed by atoms with van der Waals surface area (Å²) in [5.41, 5.74) is 2.09. The van der Waals surface area contributed by atoms with Crippen LogP contribution in [0.1, 0.15) is 0 Å². The number of hydrogen-bond acceptors (Lipinski definition) is 4. The van der Waals surface area contributed by atoms with Gasteiger partial charge in [-0.1, -0.05) is 42.5 Å². The Morgan fingerprint density at radius 1 is 0.875 bits per heavy atom. The number of fused-ring (bicyclic) bond motifs is 2. The van der Waals surface area contributed by atoms with E-state index in [1.165, 1.54) is 10.8 Å². The highest BCUT2D eigenvalue weighted by Gasteiger charge is 2.12. The van der Waals surface area contributed by atoms with Crippen LogP contribution in [0.5, 0.6) is 0 Å². The van der Waals surface area contributed by atoms with E-state index in [2.05, 4.69) is 57.5 Å². The van der Waals surface area contributed by atoms with Crippen LogP contribution in [0.15, 0.2) is 72.2 Å². The van der Waals surface area contributed by atoms with E-state index in [0.717, 1.165) is 16.1 Å². The van der Waals surface area contributed by atoms with Gasteiger partial charge in [0.2, 0.25) is 0 Å². The highest BCUT2D eigenvalue weighted by Crippen LogP contribution is 2.26. The van der Waals surface area contributed by atoms with Gasteiger partial charge in [0.15, 0.2) is 5.82 Å². The van der Waals surface area contributed by atoms with E-state index in [1.807, 2.05) is 28.1 Å². The largest absolute Gasteiger partial charge is 0.253 e. The number of benzene rings is 2. The van der Waals surface area contributed by atoms with Gasteiger partial charge in [-0.2, -0.15) is 9.50 Å². The molecule has 3 aromatic heterocycles. The fraction of sp³-hybridized carbons (Fsp3) is 0. The fourth-order valence-electron chi connectivity index (χ4n) is 2.87. The number of aromatic nitrogens is 4. The van der Waals surface area contributed by atoms with E-state index in [9.17, 15) is 0 Å². The lowest BCUT2D eigenvalue weighted by molar-refractivity contribution is 0.952. The van der Waals surface area contributed by atoms with Gasteiger partial charge in [0, 0.05) is 11.8 Å². The summed E-state index contributed by atoms with van der Waals surface area (Å²) in [6.45, 7) is 0. The standard InChI is InChI=1S/C19H12N4S/c1-2-5-14-12-15(8-7-13(14)4-1)16-9-10-20-19-21-18(22-23(16)19)17-6-3-11-24-17/h1-12H. The van der Waals surface area contributed by atoms with Crippen molar-refractivity contribution in [3.05, 3.63) is 72.2 Å². The van der Waals surface area contributed by atoms with Crippen LogP contribution in [0.4, 0.5) is 0 Å². The van der Waals surface area contributed by atoms with Crippen molar-refractivity contribution >= 4 is 27.9 Å². The zero-order valence-electron chi connectivity index (χ0n) is 12.6. The third-order valence-electron chi connectivity index (χ3n) is 4.03. The van der Waals surface area contributed by atoms with Crippen molar-refractivity contribution in [3.63, 3.8) is 0 Å². The Morgan fingerprint density at radius 2 is 1.79 bits per heavy atom. The third kappa shape index (κ3) is 2.10. The molecule has 3 heterocycles. The summed E-state index contributed by atoms with van der Waals surface area (Å²) in [5, 5.41) is 9.12. The van der Waals surface area contributed by atoms with Gasteiger partial charge in [0.25, 0.3) is 5.78 Å². The Balaban J connectivity index is 1.73. The van der Waals surface area contributed by atoms with E-state index < -0.39 is 0 Å². The summed E-state index contributed by atoms with van der Waals surface area (Å²) in [5.74, 6) is 1.33. The summed E-state index contributed by atoms with van der Waals surface area (Å²) in [7, 11) is 0. The van der Waals surface area contributed by atoms with E-state index in [0.29, 0.717) is 11.6 Å². The Bertz CT molecular complexity index is 1160. The molecule has 2 aromatic carbocycles. The molecule has 0 aliphatic carbocycles. The predicted octanol–water partition coefficient (Wildman–Crippen LogP) is 4.67. The average molecular weight is 328 g/mol. The van der Waals surface area contributed by atoms with Gasteiger partial charge >= 0.3 is 0 Å². The first-order valence-corrected chi connectivity index (χ1v) is 8.51. The minimum absolute atomic E-state index is 0.615. The molecule has 4 nitrogen and oxygen atoms in total. The zero-order valence-corrected chi connectivity index (χ0v) is 13.4. The molecule has 5 rings (SSSR count). The van der Waals surface area contributed by atoms with Crippen LogP contribution >= 0.6 is 11.3 Å². The molecule has 0 atom stereocenters. The lowest BCUT2D eigenvalue weighted by Gasteiger charge is -2.05. The second-order valence-electron chi connectivity index (χ2n) is 5.52. The van der Waals surface area contributed by atoms with Gasteiger partial charge < -0.3 is 0 Å². The third-order valence-corrected chi connectivity index (χ3v) is 4.89. The molecular weight excluding hydrogens is 316 g/mol. The van der Waals surface area contributed by atoms with Gasteiger partial charge in [0.05, 0.1) is 10.6 Å². The van der Waals surface area contributed by atoms with Crippen LogP contribution in [0, 0.1) is 0 Å². The molecule has 0 saturated heterocycles. The van der Waals surface area contributed by atoms with Crippen molar-refractivity contribution in [1.82, 2.24) is 19.6 Å². The molecule has 0 radical (unpaired) electrons. The zero-order chi connectivity index (χ0) is 15.9. The van der Waals surface area contributed by atoms with Gasteiger partial charge in [0.1, 0.15) is 0 Å². The van der Waals surface area contributed by atoms with Crippen LogP contribution in [0.25, 0.3) is 38.5 Å². The summed E-state index contributed by atoms with van der Waals surface area (Å²) < 4.78 is 1.82. The van der Waals surface area contributed by atoms with E-state index in [4.69, 9.17) is 0 Å². The Labute approximate surface area is 142 Å². The molecule has 0 saturated carbocycles. The molecule has 0 spiro atoms. The van der Waals surface area contributed by atoms with Gasteiger partial charge in [-0.3, -0.25) is 0 Å². The molecule has 0 N–H and O–H groups in total. The van der Waals surface area contributed by atoms with Crippen molar-refractivity contribution in [2.24, 2.45) is 0 Å². The normalized spacial score (nSPS) is 11.3. The van der Waals surface area contributed by atoms with Crippen LogP contribution < -0.4 is 0 Å². The number of nitrogens with zero attached hydrogens (tertiary/aromatic N) is 4. The molecule has 0 aliphatic rings. The first-order chi connectivity index (χ1) is 11.9. The molecule has 5 aromatic rings. The number of rotatable bonds is 2. The molecule has 0 amide bonds. The van der Waals surface area contributed by atoms with Crippen LogP contribution in [0.2, 0.25) is 0 Å². The second kappa shape index (κ2) is 5.25. The van der Waals surface area contributed by atoms with Crippen molar-refractivity contribution in [1.29, 1.82) is 0 Å². The SMILES string of the molecule is c1csc(-c2nc3nccc(-c4ccc5ccccc5c4)n3n2)c1. The summed E-state index contributed by atoms with van der Waals surface area (Å²) in [4.78, 5) is 9.96. The fourth-order valence-corrected chi connectivity index (χ4v) is 3.52. The molecule has 114 valence electrons. The lowest BCUT2D eigenvalue weighted by atomic mass is 10.1. The number of hydrogen-bond donors (Lipinski definition) is 0. The highest BCUT2D eigenvalue weighted by atomic mass is 32.1. The maximum absolute atomic E-state index is 4.67. The maximum atomic E-state index is 4.67. The molecular formula is C19H12N4S. The van der Waals surface area contributed by atoms with E-state index in [-0.39, 0.29) is 0 Å². The molecule has 24 heavy (non-hydrogen) atoms. The van der Waals surface area contributed by atoms with Crippen molar-refractivity contribution in [2.45, 2.75) is 0 Å². The molecule has 5 heteroatoms. The van der Waals surface area contributed by atoms with Crippen LogP contribution in [-0.4, -0.2) is 19.6 Å². The molecule has 0 bridgehead atoms. The summed E-state index contributed by atoms with van der Waals surface area (Å²) in [6, 6.07) is 20.8. The Kier molecular flexibility index (Phi) is 2.93. The second-order valence-corrected chi connectivity index (χ2v) is 6.46. The first-order valence-electron chi connectivity index (χ1n) is 7.63. The van der Waals surface area contributed by atoms with E-state index >= 15 is 0 Å². The monoisotopic (exact) mass is 328 g/mol. The molecule has 0 unspecified atom stereocenters. The molecule has 0 aliphatic heterocycles. The lowest BCUT2D eigenvalue weighted by Crippen LogP contribution is -1.95.